The number of carbonyl (C=O) groups is 1. The zero-order chi connectivity index (χ0) is 12.3. The summed E-state index contributed by atoms with van der Waals surface area (Å²) in [6.45, 7) is 13.2. The van der Waals surface area contributed by atoms with E-state index in [0.717, 1.165) is 5.70 Å². The van der Waals surface area contributed by atoms with E-state index in [1.807, 2.05) is 46.8 Å². The van der Waals surface area contributed by atoms with Gasteiger partial charge in [-0.3, -0.25) is 4.79 Å². The van der Waals surface area contributed by atoms with Crippen LogP contribution in [-0.4, -0.2) is 5.91 Å². The van der Waals surface area contributed by atoms with Gasteiger partial charge in [0.2, 0.25) is 5.91 Å². The van der Waals surface area contributed by atoms with E-state index < -0.39 is 0 Å². The van der Waals surface area contributed by atoms with Crippen molar-refractivity contribution in [2.75, 3.05) is 0 Å². The Bertz CT molecular complexity index is 237. The van der Waals surface area contributed by atoms with Crippen molar-refractivity contribution in [3.63, 3.8) is 0 Å². The summed E-state index contributed by atoms with van der Waals surface area (Å²) < 4.78 is 0. The number of carbonyl (C=O) groups excluding carboxylic acids is 1. The van der Waals surface area contributed by atoms with Crippen molar-refractivity contribution in [3.8, 4) is 0 Å². The Morgan fingerprint density at radius 3 is 2.20 bits per heavy atom. The van der Waals surface area contributed by atoms with Gasteiger partial charge in [0, 0.05) is 11.6 Å². The first-order chi connectivity index (χ1) is 7.11. The number of hydrogen-bond donors (Lipinski definition) is 1. The van der Waals surface area contributed by atoms with E-state index in [4.69, 9.17) is 0 Å². The van der Waals surface area contributed by atoms with Gasteiger partial charge < -0.3 is 5.32 Å². The van der Waals surface area contributed by atoms with E-state index in [1.54, 1.807) is 12.2 Å². The van der Waals surface area contributed by atoms with Crippen LogP contribution in [0.2, 0.25) is 0 Å². The van der Waals surface area contributed by atoms with Crippen LogP contribution in [0.5, 0.6) is 0 Å². The predicted molar refractivity (Wildman–Crippen MR) is 67.4 cm³/mol. The van der Waals surface area contributed by atoms with Gasteiger partial charge >= 0.3 is 0 Å². The van der Waals surface area contributed by atoms with Crippen molar-refractivity contribution in [1.82, 2.24) is 5.32 Å². The van der Waals surface area contributed by atoms with E-state index in [9.17, 15) is 4.79 Å². The second kappa shape index (κ2) is 10.8. The van der Waals surface area contributed by atoms with Crippen LogP contribution >= 0.6 is 0 Å². The van der Waals surface area contributed by atoms with E-state index >= 15 is 0 Å². The maximum Gasteiger partial charge on any atom is 0.226 e. The Kier molecular flexibility index (Phi) is 11.6. The summed E-state index contributed by atoms with van der Waals surface area (Å²) in [5.74, 6) is 0.0182. The van der Waals surface area contributed by atoms with Gasteiger partial charge in [0.15, 0.2) is 0 Å². The minimum atomic E-state index is -0.00142. The summed E-state index contributed by atoms with van der Waals surface area (Å²) in [5.41, 5.74) is 0.774. The third kappa shape index (κ3) is 9.01. The van der Waals surface area contributed by atoms with Crippen LogP contribution < -0.4 is 5.32 Å². The van der Waals surface area contributed by atoms with E-state index in [-0.39, 0.29) is 11.8 Å². The molecule has 0 unspecified atom stereocenters. The van der Waals surface area contributed by atoms with Crippen molar-refractivity contribution >= 4 is 5.91 Å². The summed E-state index contributed by atoms with van der Waals surface area (Å²) >= 11 is 0. The van der Waals surface area contributed by atoms with Gasteiger partial charge in [-0.2, -0.15) is 0 Å². The number of nitrogens with one attached hydrogen (secondary N) is 1. The third-order valence-corrected chi connectivity index (χ3v) is 1.44. The molecule has 0 spiro atoms. The van der Waals surface area contributed by atoms with E-state index in [1.165, 1.54) is 0 Å². The van der Waals surface area contributed by atoms with Crippen LogP contribution in [0, 0.1) is 5.92 Å². The third-order valence-electron chi connectivity index (χ3n) is 1.44. The molecular formula is C13H23NO. The van der Waals surface area contributed by atoms with Crippen LogP contribution in [-0.2, 0) is 4.79 Å². The molecule has 0 atom stereocenters. The molecule has 0 rings (SSSR count). The second-order valence-corrected chi connectivity index (χ2v) is 3.00. The normalized spacial score (nSPS) is 10.9. The zero-order valence-corrected chi connectivity index (χ0v) is 10.5. The Balaban J connectivity index is 0. The van der Waals surface area contributed by atoms with Gasteiger partial charge in [0.1, 0.15) is 0 Å². The molecule has 0 aliphatic carbocycles. The van der Waals surface area contributed by atoms with E-state index in [2.05, 4.69) is 11.9 Å². The number of hydrogen-bond acceptors (Lipinski definition) is 1. The Labute approximate surface area is 93.8 Å². The standard InChI is InChI=1S/C11H17NO.C2H6/c1-5-7-10(8-6-2)12-11(13)9(3)4;1-2/h5-9H,1H2,2-4H3,(H,12,13);1-2H3/b8-6-,10-7+;. The summed E-state index contributed by atoms with van der Waals surface area (Å²) in [5, 5.41) is 2.78. The van der Waals surface area contributed by atoms with Gasteiger partial charge in [0.05, 0.1) is 0 Å². The molecule has 0 aliphatic rings. The molecule has 0 aliphatic heterocycles. The first kappa shape index (κ1) is 16.1. The Morgan fingerprint density at radius 1 is 1.33 bits per heavy atom. The summed E-state index contributed by atoms with van der Waals surface area (Å²) in [6, 6.07) is 0. The molecule has 0 saturated carbocycles. The highest BCUT2D eigenvalue weighted by atomic mass is 16.1. The maximum atomic E-state index is 11.3. The SMILES string of the molecule is C=C/C=C(\C=C/C)NC(=O)C(C)C.CC. The minimum absolute atomic E-state index is 0.00142. The Hall–Kier alpha value is -1.31. The molecule has 0 aromatic heterocycles. The fourth-order valence-electron chi connectivity index (χ4n) is 0.732. The van der Waals surface area contributed by atoms with Crippen molar-refractivity contribution < 1.29 is 4.79 Å². The van der Waals surface area contributed by atoms with Crippen molar-refractivity contribution in [2.24, 2.45) is 5.92 Å². The lowest BCUT2D eigenvalue weighted by Gasteiger charge is -2.07. The average Bonchev–Trinajstić information content (AvgIpc) is 2.21. The molecule has 0 heterocycles. The Morgan fingerprint density at radius 2 is 1.87 bits per heavy atom. The molecule has 1 N–H and O–H groups in total. The van der Waals surface area contributed by atoms with Gasteiger partial charge in [0.25, 0.3) is 0 Å². The lowest BCUT2D eigenvalue weighted by molar-refractivity contribution is -0.123. The molecule has 0 fully saturated rings. The summed E-state index contributed by atoms with van der Waals surface area (Å²) in [6.07, 6.45) is 7.12. The van der Waals surface area contributed by atoms with Gasteiger partial charge in [-0.25, -0.2) is 0 Å². The molecule has 15 heavy (non-hydrogen) atoms. The number of rotatable bonds is 4. The molecule has 0 radical (unpaired) electrons. The summed E-state index contributed by atoms with van der Waals surface area (Å²) in [4.78, 5) is 11.3. The fraction of sp³-hybridized carbons (Fsp3) is 0.462. The molecule has 0 saturated heterocycles. The quantitative estimate of drug-likeness (QED) is 0.706. The molecular weight excluding hydrogens is 186 g/mol. The number of amides is 1. The highest BCUT2D eigenvalue weighted by Gasteiger charge is 2.06. The van der Waals surface area contributed by atoms with Gasteiger partial charge in [-0.15, -0.1) is 0 Å². The fourth-order valence-corrected chi connectivity index (χ4v) is 0.732. The molecule has 1 amide bonds. The number of allylic oxidation sites excluding steroid dienone is 4. The lowest BCUT2D eigenvalue weighted by atomic mass is 10.2. The largest absolute Gasteiger partial charge is 0.326 e. The van der Waals surface area contributed by atoms with Gasteiger partial charge in [-0.05, 0) is 19.1 Å². The molecule has 2 nitrogen and oxygen atoms in total. The van der Waals surface area contributed by atoms with Crippen LogP contribution in [0.4, 0.5) is 0 Å². The highest BCUT2D eigenvalue weighted by Crippen LogP contribution is 1.97. The maximum absolute atomic E-state index is 11.3. The van der Waals surface area contributed by atoms with Crippen LogP contribution in [0.15, 0.2) is 36.6 Å². The smallest absolute Gasteiger partial charge is 0.226 e. The topological polar surface area (TPSA) is 29.1 Å². The molecule has 0 bridgehead atoms. The monoisotopic (exact) mass is 209 g/mol. The zero-order valence-electron chi connectivity index (χ0n) is 10.5. The van der Waals surface area contributed by atoms with Gasteiger partial charge in [-0.1, -0.05) is 46.4 Å². The van der Waals surface area contributed by atoms with Crippen LogP contribution in [0.1, 0.15) is 34.6 Å². The van der Waals surface area contributed by atoms with Crippen molar-refractivity contribution in [3.05, 3.63) is 36.6 Å². The van der Waals surface area contributed by atoms with Crippen molar-refractivity contribution in [2.45, 2.75) is 34.6 Å². The highest BCUT2D eigenvalue weighted by molar-refractivity contribution is 5.80. The van der Waals surface area contributed by atoms with Crippen molar-refractivity contribution in [1.29, 1.82) is 0 Å². The van der Waals surface area contributed by atoms with Crippen LogP contribution in [0.3, 0.4) is 0 Å². The lowest BCUT2D eigenvalue weighted by Crippen LogP contribution is -2.26. The molecule has 0 aromatic carbocycles. The molecule has 0 aromatic rings. The first-order valence-corrected chi connectivity index (χ1v) is 5.38. The average molecular weight is 209 g/mol. The predicted octanol–water partition coefficient (Wildman–Crippen LogP) is 3.43. The summed E-state index contributed by atoms with van der Waals surface area (Å²) in [7, 11) is 0. The van der Waals surface area contributed by atoms with Crippen LogP contribution in [0.25, 0.3) is 0 Å². The van der Waals surface area contributed by atoms with E-state index in [0.29, 0.717) is 0 Å². The minimum Gasteiger partial charge on any atom is -0.326 e. The molecule has 86 valence electrons. The molecule has 2 heteroatoms. The second-order valence-electron chi connectivity index (χ2n) is 3.00. The first-order valence-electron chi connectivity index (χ1n) is 5.38.